The third kappa shape index (κ3) is 5.13. The molecule has 4 heteroatoms. The van der Waals surface area contributed by atoms with Gasteiger partial charge >= 0.3 is 0 Å². The van der Waals surface area contributed by atoms with Gasteiger partial charge in [-0.15, -0.1) is 0 Å². The van der Waals surface area contributed by atoms with E-state index < -0.39 is 0 Å². The van der Waals surface area contributed by atoms with Crippen LogP contribution in [0.2, 0.25) is 0 Å². The largest absolute Gasteiger partial charge is 0.489 e. The summed E-state index contributed by atoms with van der Waals surface area (Å²) >= 11 is 0. The normalized spacial score (nSPS) is 11.1. The first-order valence-electron chi connectivity index (χ1n) is 9.54. The van der Waals surface area contributed by atoms with Gasteiger partial charge < -0.3 is 14.6 Å². The molecule has 0 spiro atoms. The number of aromatic nitrogens is 1. The number of nitrogens with zero attached hydrogens (tertiary/aromatic N) is 1. The number of nitrogens with one attached hydrogen (secondary N) is 1. The maximum Gasteiger partial charge on any atom is 0.220 e. The number of rotatable bonds is 8. The number of carbonyl (C=O) groups is 1. The molecular weight excluding hydrogens is 336 g/mol. The lowest BCUT2D eigenvalue weighted by molar-refractivity contribution is -0.121. The Hall–Kier alpha value is -2.75. The number of ether oxygens (including phenoxy) is 1. The van der Waals surface area contributed by atoms with Gasteiger partial charge in [0.05, 0.1) is 0 Å². The van der Waals surface area contributed by atoms with Gasteiger partial charge in [-0.05, 0) is 41.7 Å². The summed E-state index contributed by atoms with van der Waals surface area (Å²) in [5.41, 5.74) is 3.55. The molecule has 2 aromatic carbocycles. The van der Waals surface area contributed by atoms with Gasteiger partial charge in [0.15, 0.2) is 0 Å². The van der Waals surface area contributed by atoms with Crippen molar-refractivity contribution in [3.63, 3.8) is 0 Å². The molecule has 1 amide bonds. The van der Waals surface area contributed by atoms with Gasteiger partial charge in [0.2, 0.25) is 5.91 Å². The molecule has 3 aromatic rings. The molecule has 0 saturated heterocycles. The highest BCUT2D eigenvalue weighted by Crippen LogP contribution is 2.26. The lowest BCUT2D eigenvalue weighted by atomic mass is 10.1. The Morgan fingerprint density at radius 1 is 1.15 bits per heavy atom. The summed E-state index contributed by atoms with van der Waals surface area (Å²) in [6.45, 7) is 5.32. The Kier molecular flexibility index (Phi) is 6.17. The summed E-state index contributed by atoms with van der Waals surface area (Å²) < 4.78 is 8.10. The van der Waals surface area contributed by atoms with Crippen LogP contribution in [0.4, 0.5) is 0 Å². The van der Waals surface area contributed by atoms with Gasteiger partial charge in [-0.2, -0.15) is 0 Å². The van der Waals surface area contributed by atoms with E-state index in [9.17, 15) is 4.79 Å². The zero-order valence-corrected chi connectivity index (χ0v) is 16.4. The van der Waals surface area contributed by atoms with Gasteiger partial charge in [-0.3, -0.25) is 4.79 Å². The molecule has 1 heterocycles. The van der Waals surface area contributed by atoms with Crippen molar-refractivity contribution in [3.8, 4) is 5.75 Å². The van der Waals surface area contributed by atoms with E-state index in [0.29, 0.717) is 25.5 Å². The maximum absolute atomic E-state index is 11.9. The summed E-state index contributed by atoms with van der Waals surface area (Å²) in [7, 11) is 2.05. The molecule has 0 saturated carbocycles. The van der Waals surface area contributed by atoms with E-state index in [2.05, 4.69) is 54.2 Å². The fourth-order valence-electron chi connectivity index (χ4n) is 3.26. The number of amides is 1. The molecule has 27 heavy (non-hydrogen) atoms. The Bertz CT molecular complexity index is 897. The average Bonchev–Trinajstić information content (AvgIpc) is 2.96. The minimum absolute atomic E-state index is 0.122. The number of hydrogen-bond acceptors (Lipinski definition) is 2. The van der Waals surface area contributed by atoms with Crippen LogP contribution in [0, 0.1) is 5.92 Å². The van der Waals surface area contributed by atoms with E-state index in [4.69, 9.17) is 4.74 Å². The van der Waals surface area contributed by atoms with Crippen molar-refractivity contribution >= 4 is 16.8 Å². The fourth-order valence-corrected chi connectivity index (χ4v) is 3.26. The van der Waals surface area contributed by atoms with Crippen molar-refractivity contribution in [3.05, 3.63) is 65.9 Å². The lowest BCUT2D eigenvalue weighted by Gasteiger charge is -2.08. The zero-order valence-electron chi connectivity index (χ0n) is 16.4. The van der Waals surface area contributed by atoms with Crippen LogP contribution in [-0.2, 0) is 24.9 Å². The summed E-state index contributed by atoms with van der Waals surface area (Å²) in [4.78, 5) is 11.9. The predicted octanol–water partition coefficient (Wildman–Crippen LogP) is 4.46. The smallest absolute Gasteiger partial charge is 0.220 e. The molecule has 3 rings (SSSR count). The topological polar surface area (TPSA) is 43.3 Å². The Balaban J connectivity index is 1.67. The average molecular weight is 364 g/mol. The molecule has 0 bridgehead atoms. The molecule has 0 fully saturated rings. The van der Waals surface area contributed by atoms with Gasteiger partial charge in [-0.25, -0.2) is 0 Å². The third-order valence-corrected chi connectivity index (χ3v) is 4.60. The molecule has 142 valence electrons. The highest BCUT2D eigenvalue weighted by atomic mass is 16.5. The Labute approximate surface area is 161 Å². The summed E-state index contributed by atoms with van der Waals surface area (Å²) in [6.07, 6.45) is 3.52. The highest BCUT2D eigenvalue weighted by Gasteiger charge is 2.10. The predicted molar refractivity (Wildman–Crippen MR) is 110 cm³/mol. The van der Waals surface area contributed by atoms with E-state index in [-0.39, 0.29) is 5.91 Å². The van der Waals surface area contributed by atoms with Crippen molar-refractivity contribution in [2.75, 3.05) is 6.54 Å². The number of carbonyl (C=O) groups excluding carboxylic acids is 1. The SMILES string of the molecule is CC(C)CC(=O)NCCc1cn(C)c2ccc(OCc3ccccc3)cc12. The molecule has 1 N–H and O–H groups in total. The van der Waals surface area contributed by atoms with E-state index in [0.717, 1.165) is 17.7 Å². The van der Waals surface area contributed by atoms with Crippen LogP contribution < -0.4 is 10.1 Å². The first-order valence-corrected chi connectivity index (χ1v) is 9.54. The third-order valence-electron chi connectivity index (χ3n) is 4.60. The van der Waals surface area contributed by atoms with Crippen molar-refractivity contribution in [1.29, 1.82) is 0 Å². The monoisotopic (exact) mass is 364 g/mol. The summed E-state index contributed by atoms with van der Waals surface area (Å²) in [5, 5.41) is 4.20. The zero-order chi connectivity index (χ0) is 19.2. The van der Waals surface area contributed by atoms with Crippen LogP contribution in [0.15, 0.2) is 54.7 Å². The summed E-state index contributed by atoms with van der Waals surface area (Å²) in [6, 6.07) is 16.4. The van der Waals surface area contributed by atoms with Crippen LogP contribution >= 0.6 is 0 Å². The highest BCUT2D eigenvalue weighted by molar-refractivity contribution is 5.85. The molecule has 0 aliphatic rings. The molecule has 0 aliphatic carbocycles. The van der Waals surface area contributed by atoms with Crippen LogP contribution in [-0.4, -0.2) is 17.0 Å². The second-order valence-electron chi connectivity index (χ2n) is 7.42. The molecule has 4 nitrogen and oxygen atoms in total. The minimum Gasteiger partial charge on any atom is -0.489 e. The summed E-state index contributed by atoms with van der Waals surface area (Å²) in [5.74, 6) is 1.37. The van der Waals surface area contributed by atoms with Crippen LogP contribution in [0.25, 0.3) is 10.9 Å². The minimum atomic E-state index is 0.122. The van der Waals surface area contributed by atoms with Crippen molar-refractivity contribution < 1.29 is 9.53 Å². The quantitative estimate of drug-likeness (QED) is 0.641. The maximum atomic E-state index is 11.9. The van der Waals surface area contributed by atoms with E-state index in [1.54, 1.807) is 0 Å². The number of benzene rings is 2. The molecule has 0 aliphatic heterocycles. The molecular formula is C23H28N2O2. The van der Waals surface area contributed by atoms with Gasteiger partial charge in [0.1, 0.15) is 12.4 Å². The van der Waals surface area contributed by atoms with E-state index in [1.165, 1.54) is 16.5 Å². The molecule has 0 unspecified atom stereocenters. The van der Waals surface area contributed by atoms with Gasteiger partial charge in [0.25, 0.3) is 0 Å². The van der Waals surface area contributed by atoms with Crippen LogP contribution in [0.1, 0.15) is 31.4 Å². The van der Waals surface area contributed by atoms with Crippen LogP contribution in [0.3, 0.4) is 0 Å². The lowest BCUT2D eigenvalue weighted by Crippen LogP contribution is -2.26. The van der Waals surface area contributed by atoms with Crippen molar-refractivity contribution in [2.24, 2.45) is 13.0 Å². The van der Waals surface area contributed by atoms with Crippen molar-refractivity contribution in [2.45, 2.75) is 33.3 Å². The molecule has 0 radical (unpaired) electrons. The Morgan fingerprint density at radius 3 is 2.67 bits per heavy atom. The number of hydrogen-bond donors (Lipinski definition) is 1. The van der Waals surface area contributed by atoms with Crippen molar-refractivity contribution in [1.82, 2.24) is 9.88 Å². The fraction of sp³-hybridized carbons (Fsp3) is 0.348. The van der Waals surface area contributed by atoms with Gasteiger partial charge in [0, 0.05) is 37.1 Å². The van der Waals surface area contributed by atoms with E-state index >= 15 is 0 Å². The second kappa shape index (κ2) is 8.76. The first-order chi connectivity index (χ1) is 13.0. The molecule has 0 atom stereocenters. The number of aryl methyl sites for hydroxylation is 1. The standard InChI is InChI=1S/C23H28N2O2/c1-17(2)13-23(26)24-12-11-19-15-25(3)22-10-9-20(14-21(19)22)27-16-18-7-5-4-6-8-18/h4-10,14-15,17H,11-13,16H2,1-3H3,(H,24,26). The number of fused-ring (bicyclic) bond motifs is 1. The second-order valence-corrected chi connectivity index (χ2v) is 7.42. The van der Waals surface area contributed by atoms with Crippen LogP contribution in [0.5, 0.6) is 5.75 Å². The molecule has 1 aromatic heterocycles. The Morgan fingerprint density at radius 2 is 1.93 bits per heavy atom. The first kappa shape index (κ1) is 19.0. The van der Waals surface area contributed by atoms with E-state index in [1.807, 2.05) is 31.3 Å². The van der Waals surface area contributed by atoms with Gasteiger partial charge in [-0.1, -0.05) is 44.2 Å².